The number of ether oxygens (including phenoxy) is 3. The zero-order chi connectivity index (χ0) is 22.7. The van der Waals surface area contributed by atoms with Gasteiger partial charge in [0.05, 0.1) is 33.1 Å². The Labute approximate surface area is 187 Å². The largest absolute Gasteiger partial charge is 0.497 e. The number of hydrogen-bond donors (Lipinski definition) is 0. The number of carbonyl (C=O) groups is 2. The third-order valence-electron chi connectivity index (χ3n) is 6.15. The van der Waals surface area contributed by atoms with Gasteiger partial charge in [0.15, 0.2) is 0 Å². The lowest BCUT2D eigenvalue weighted by molar-refractivity contribution is -0.135. The highest BCUT2D eigenvalue weighted by molar-refractivity contribution is 5.95. The Kier molecular flexibility index (Phi) is 6.64. The fraction of sp³-hybridized carbons (Fsp3) is 0.522. The topological polar surface area (TPSA) is 86.1 Å². The van der Waals surface area contributed by atoms with Gasteiger partial charge in [0.2, 0.25) is 5.91 Å². The predicted molar refractivity (Wildman–Crippen MR) is 117 cm³/mol. The van der Waals surface area contributed by atoms with E-state index in [9.17, 15) is 9.59 Å². The van der Waals surface area contributed by atoms with Crippen molar-refractivity contribution < 1.29 is 23.8 Å². The van der Waals surface area contributed by atoms with Crippen LogP contribution in [0.5, 0.6) is 11.5 Å². The smallest absolute Gasteiger partial charge is 0.254 e. The molecule has 0 N–H and O–H groups in total. The maximum Gasteiger partial charge on any atom is 0.254 e. The van der Waals surface area contributed by atoms with Crippen LogP contribution >= 0.6 is 0 Å². The summed E-state index contributed by atoms with van der Waals surface area (Å²) in [6, 6.07) is 5.20. The van der Waals surface area contributed by atoms with Crippen LogP contribution in [-0.2, 0) is 36.0 Å². The summed E-state index contributed by atoms with van der Waals surface area (Å²) in [7, 11) is 5.06. The summed E-state index contributed by atoms with van der Waals surface area (Å²) in [6.07, 6.45) is 1.70. The Morgan fingerprint density at radius 1 is 1.03 bits per heavy atom. The van der Waals surface area contributed by atoms with E-state index in [1.165, 1.54) is 0 Å². The number of benzene rings is 1. The number of methoxy groups -OCH3 is 2. The van der Waals surface area contributed by atoms with Crippen molar-refractivity contribution >= 4 is 11.8 Å². The highest BCUT2D eigenvalue weighted by atomic mass is 16.5. The zero-order valence-corrected chi connectivity index (χ0v) is 18.9. The number of nitrogens with zero attached hydrogens (tertiary/aromatic N) is 4. The van der Waals surface area contributed by atoms with Crippen molar-refractivity contribution in [3.05, 3.63) is 40.7 Å². The van der Waals surface area contributed by atoms with Crippen LogP contribution in [0.25, 0.3) is 0 Å². The van der Waals surface area contributed by atoms with Gasteiger partial charge in [-0.1, -0.05) is 0 Å². The summed E-state index contributed by atoms with van der Waals surface area (Å²) < 4.78 is 17.8. The van der Waals surface area contributed by atoms with Gasteiger partial charge in [-0.15, -0.1) is 0 Å². The number of hydrogen-bond acceptors (Lipinski definition) is 6. The van der Waals surface area contributed by atoms with Crippen molar-refractivity contribution in [3.8, 4) is 11.5 Å². The molecule has 1 fully saturated rings. The lowest BCUT2D eigenvalue weighted by Gasteiger charge is -2.28. The maximum absolute atomic E-state index is 13.3. The number of carbonyl (C=O) groups excluding carboxylic acids is 2. The van der Waals surface area contributed by atoms with Gasteiger partial charge in [0, 0.05) is 75.4 Å². The molecule has 2 aliphatic rings. The highest BCUT2D eigenvalue weighted by Crippen LogP contribution is 2.27. The molecule has 0 bridgehead atoms. The summed E-state index contributed by atoms with van der Waals surface area (Å²) in [5.74, 6) is 1.20. The van der Waals surface area contributed by atoms with Gasteiger partial charge in [0.25, 0.3) is 5.91 Å². The Morgan fingerprint density at radius 3 is 2.38 bits per heavy atom. The standard InChI is InChI=1S/C23H30N4O5/c1-25-21-6-7-27(23(29)16-12-17(30-2)14-18(13-16)31-3)15-19(21)20(24-25)4-5-22(28)26-8-10-32-11-9-26/h12-14H,4-11,15H2,1-3H3. The van der Waals surface area contributed by atoms with Crippen LogP contribution in [0.1, 0.15) is 33.7 Å². The third-order valence-corrected chi connectivity index (χ3v) is 6.15. The third kappa shape index (κ3) is 4.57. The molecule has 1 aromatic heterocycles. The summed E-state index contributed by atoms with van der Waals surface area (Å²) in [6.45, 7) is 3.56. The number of morpholine rings is 1. The van der Waals surface area contributed by atoms with E-state index in [1.807, 2.05) is 21.5 Å². The molecule has 32 heavy (non-hydrogen) atoms. The Morgan fingerprint density at radius 2 is 1.72 bits per heavy atom. The Hall–Kier alpha value is -3.07. The average Bonchev–Trinajstić information content (AvgIpc) is 3.16. The van der Waals surface area contributed by atoms with E-state index < -0.39 is 0 Å². The van der Waals surface area contributed by atoms with Crippen LogP contribution in [0.15, 0.2) is 18.2 Å². The van der Waals surface area contributed by atoms with Crippen molar-refractivity contribution in [3.63, 3.8) is 0 Å². The minimum Gasteiger partial charge on any atom is -0.497 e. The monoisotopic (exact) mass is 442 g/mol. The van der Waals surface area contributed by atoms with Gasteiger partial charge in [-0.25, -0.2) is 0 Å². The SMILES string of the molecule is COc1cc(OC)cc(C(=O)N2CCc3c(c(CCC(=O)N4CCOCC4)nn3C)C2)c1. The zero-order valence-electron chi connectivity index (χ0n) is 18.9. The molecule has 2 amide bonds. The number of fused-ring (bicyclic) bond motifs is 1. The second kappa shape index (κ2) is 9.60. The van der Waals surface area contributed by atoms with Crippen LogP contribution in [0, 0.1) is 0 Å². The van der Waals surface area contributed by atoms with E-state index in [2.05, 4.69) is 5.10 Å². The summed E-state index contributed by atoms with van der Waals surface area (Å²) in [5, 5.41) is 4.67. The molecule has 1 saturated heterocycles. The van der Waals surface area contributed by atoms with Crippen molar-refractivity contribution in [1.29, 1.82) is 0 Å². The fourth-order valence-corrected chi connectivity index (χ4v) is 4.35. The Bertz CT molecular complexity index is 974. The van der Waals surface area contributed by atoms with Gasteiger partial charge in [-0.2, -0.15) is 5.10 Å². The van der Waals surface area contributed by atoms with E-state index in [0.717, 1.165) is 23.4 Å². The van der Waals surface area contributed by atoms with Gasteiger partial charge < -0.3 is 24.0 Å². The molecular weight excluding hydrogens is 412 g/mol. The molecule has 0 saturated carbocycles. The van der Waals surface area contributed by atoms with E-state index in [-0.39, 0.29) is 11.8 Å². The second-order valence-electron chi connectivity index (χ2n) is 8.07. The summed E-state index contributed by atoms with van der Waals surface area (Å²) >= 11 is 0. The van der Waals surface area contributed by atoms with Crippen molar-refractivity contribution in [2.45, 2.75) is 25.8 Å². The summed E-state index contributed by atoms with van der Waals surface area (Å²) in [5.41, 5.74) is 3.60. The molecule has 9 nitrogen and oxygen atoms in total. The number of rotatable bonds is 6. The van der Waals surface area contributed by atoms with Crippen LogP contribution < -0.4 is 9.47 Å². The molecule has 0 atom stereocenters. The molecule has 0 spiro atoms. The number of aryl methyl sites for hydroxylation is 2. The first-order chi connectivity index (χ1) is 15.5. The van der Waals surface area contributed by atoms with Gasteiger partial charge in [-0.05, 0) is 12.1 Å². The molecule has 3 heterocycles. The second-order valence-corrected chi connectivity index (χ2v) is 8.07. The van der Waals surface area contributed by atoms with Crippen LogP contribution in [0.4, 0.5) is 0 Å². The van der Waals surface area contributed by atoms with Crippen LogP contribution in [-0.4, -0.2) is 78.5 Å². The van der Waals surface area contributed by atoms with Gasteiger partial charge in [0.1, 0.15) is 11.5 Å². The molecule has 2 aromatic rings. The molecule has 4 rings (SSSR count). The van der Waals surface area contributed by atoms with E-state index in [0.29, 0.717) is 69.3 Å². The normalized spacial score (nSPS) is 16.0. The van der Waals surface area contributed by atoms with E-state index >= 15 is 0 Å². The van der Waals surface area contributed by atoms with Gasteiger partial charge in [-0.3, -0.25) is 14.3 Å². The molecular formula is C23H30N4O5. The minimum atomic E-state index is -0.0768. The fourth-order valence-electron chi connectivity index (χ4n) is 4.35. The van der Waals surface area contributed by atoms with Crippen molar-refractivity contribution in [2.75, 3.05) is 47.1 Å². The average molecular weight is 443 g/mol. The Balaban J connectivity index is 1.48. The summed E-state index contributed by atoms with van der Waals surface area (Å²) in [4.78, 5) is 29.5. The molecule has 0 aliphatic carbocycles. The van der Waals surface area contributed by atoms with Crippen LogP contribution in [0.3, 0.4) is 0 Å². The predicted octanol–water partition coefficient (Wildman–Crippen LogP) is 1.43. The first kappa shape index (κ1) is 22.1. The van der Waals surface area contributed by atoms with Gasteiger partial charge >= 0.3 is 0 Å². The van der Waals surface area contributed by atoms with E-state index in [1.54, 1.807) is 32.4 Å². The van der Waals surface area contributed by atoms with E-state index in [4.69, 9.17) is 14.2 Å². The number of amides is 2. The van der Waals surface area contributed by atoms with Crippen molar-refractivity contribution in [2.24, 2.45) is 7.05 Å². The van der Waals surface area contributed by atoms with Crippen molar-refractivity contribution in [1.82, 2.24) is 19.6 Å². The quantitative estimate of drug-likeness (QED) is 0.673. The first-order valence-electron chi connectivity index (χ1n) is 10.9. The molecule has 0 radical (unpaired) electrons. The number of aromatic nitrogens is 2. The maximum atomic E-state index is 13.3. The lowest BCUT2D eigenvalue weighted by atomic mass is 10.0. The molecule has 1 aromatic carbocycles. The molecule has 9 heteroatoms. The molecule has 2 aliphatic heterocycles. The van der Waals surface area contributed by atoms with Crippen LogP contribution in [0.2, 0.25) is 0 Å². The highest BCUT2D eigenvalue weighted by Gasteiger charge is 2.28. The lowest BCUT2D eigenvalue weighted by Crippen LogP contribution is -2.40. The molecule has 172 valence electrons. The first-order valence-corrected chi connectivity index (χ1v) is 10.9. The minimum absolute atomic E-state index is 0.0768. The molecule has 0 unspecified atom stereocenters.